The van der Waals surface area contributed by atoms with Crippen LogP contribution in [0.5, 0.6) is 0 Å². The van der Waals surface area contributed by atoms with Gasteiger partial charge in [0.2, 0.25) is 0 Å². The highest BCUT2D eigenvalue weighted by Gasteiger charge is 1.91. The highest BCUT2D eigenvalue weighted by atomic mass is 14.0. The maximum absolute atomic E-state index is 3.72. The quantitative estimate of drug-likeness (QED) is 0.652. The Labute approximate surface area is 117 Å². The van der Waals surface area contributed by atoms with Crippen LogP contribution in [0.2, 0.25) is 0 Å². The molecule has 0 fully saturated rings. The molecule has 0 bridgehead atoms. The first-order chi connectivity index (χ1) is 9.06. The Morgan fingerprint density at radius 1 is 0.737 bits per heavy atom. The van der Waals surface area contributed by atoms with Crippen molar-refractivity contribution >= 4 is 12.2 Å². The number of aryl methyl sites for hydroxylation is 3. The average Bonchev–Trinajstić information content (AvgIpc) is 2.40. The van der Waals surface area contributed by atoms with Crippen LogP contribution in [0, 0.1) is 20.8 Å². The topological polar surface area (TPSA) is 0 Å². The summed E-state index contributed by atoms with van der Waals surface area (Å²) in [4.78, 5) is 0. The van der Waals surface area contributed by atoms with Gasteiger partial charge in [0.25, 0.3) is 0 Å². The van der Waals surface area contributed by atoms with Crippen molar-refractivity contribution in [1.82, 2.24) is 0 Å². The maximum Gasteiger partial charge on any atom is -0.0233 e. The molecular formula is C19H22. The Morgan fingerprint density at radius 2 is 1.32 bits per heavy atom. The number of hydrogen-bond acceptors (Lipinski definition) is 0. The van der Waals surface area contributed by atoms with Gasteiger partial charge in [0, 0.05) is 0 Å². The van der Waals surface area contributed by atoms with Gasteiger partial charge in [-0.05, 0) is 37.5 Å². The average molecular weight is 250 g/mol. The molecule has 0 aliphatic rings. The van der Waals surface area contributed by atoms with E-state index in [1.807, 2.05) is 12.2 Å². The second-order valence-electron chi connectivity index (χ2n) is 4.68. The normalized spacial score (nSPS) is 9.21. The van der Waals surface area contributed by atoms with Gasteiger partial charge in [0.15, 0.2) is 0 Å². The summed E-state index contributed by atoms with van der Waals surface area (Å²) < 4.78 is 0. The third-order valence-corrected chi connectivity index (χ3v) is 2.96. The van der Waals surface area contributed by atoms with Crippen LogP contribution < -0.4 is 0 Å². The highest BCUT2D eigenvalue weighted by Crippen LogP contribution is 2.10. The maximum atomic E-state index is 3.72. The molecule has 0 aromatic heterocycles. The zero-order valence-corrected chi connectivity index (χ0v) is 12.1. The minimum absolute atomic E-state index is 1.18. The van der Waals surface area contributed by atoms with Crippen molar-refractivity contribution in [3.8, 4) is 0 Å². The van der Waals surface area contributed by atoms with Crippen molar-refractivity contribution in [2.24, 2.45) is 0 Å². The fourth-order valence-corrected chi connectivity index (χ4v) is 1.76. The van der Waals surface area contributed by atoms with Crippen LogP contribution >= 0.6 is 0 Å². The van der Waals surface area contributed by atoms with Gasteiger partial charge in [-0.1, -0.05) is 78.9 Å². The minimum Gasteiger partial charge on any atom is -0.0985 e. The standard InChI is InChI=1S/C10H12.C9H10/c1-4-10-6-5-8(2)7-9(10)3;1-3-9-6-4-8(2)5-7-9/h4-7H,1H2,2-3H3;3-7H,1H2,2H3. The summed E-state index contributed by atoms with van der Waals surface area (Å²) in [5.41, 5.74) is 6.31. The van der Waals surface area contributed by atoms with Gasteiger partial charge >= 0.3 is 0 Å². The molecule has 0 aliphatic carbocycles. The summed E-state index contributed by atoms with van der Waals surface area (Å²) >= 11 is 0. The summed E-state index contributed by atoms with van der Waals surface area (Å²) in [5.74, 6) is 0. The Bertz CT molecular complexity index is 545. The molecule has 0 saturated carbocycles. The van der Waals surface area contributed by atoms with Crippen molar-refractivity contribution in [1.29, 1.82) is 0 Å². The molecule has 0 spiro atoms. The lowest BCUT2D eigenvalue weighted by Gasteiger charge is -1.99. The van der Waals surface area contributed by atoms with Crippen LogP contribution in [0.25, 0.3) is 12.2 Å². The number of rotatable bonds is 2. The summed E-state index contributed by atoms with van der Waals surface area (Å²) in [5, 5.41) is 0. The molecule has 0 amide bonds. The van der Waals surface area contributed by atoms with Gasteiger partial charge in [-0.15, -0.1) is 0 Å². The van der Waals surface area contributed by atoms with Crippen LogP contribution in [-0.4, -0.2) is 0 Å². The second kappa shape index (κ2) is 7.38. The molecule has 2 aromatic carbocycles. The molecule has 2 aromatic rings. The number of benzene rings is 2. The molecule has 0 saturated heterocycles. The van der Waals surface area contributed by atoms with Gasteiger partial charge in [0.05, 0.1) is 0 Å². The summed E-state index contributed by atoms with van der Waals surface area (Å²) in [7, 11) is 0. The fraction of sp³-hybridized carbons (Fsp3) is 0.158. The van der Waals surface area contributed by atoms with Crippen LogP contribution in [-0.2, 0) is 0 Å². The number of hydrogen-bond donors (Lipinski definition) is 0. The largest absolute Gasteiger partial charge is 0.0985 e. The first kappa shape index (κ1) is 15.0. The van der Waals surface area contributed by atoms with E-state index in [0.29, 0.717) is 0 Å². The molecule has 0 radical (unpaired) electrons. The van der Waals surface area contributed by atoms with Crippen LogP contribution in [0.15, 0.2) is 55.6 Å². The summed E-state index contributed by atoms with van der Waals surface area (Å²) in [6.45, 7) is 13.7. The van der Waals surface area contributed by atoms with Gasteiger partial charge in [0.1, 0.15) is 0 Å². The van der Waals surface area contributed by atoms with Crippen LogP contribution in [0.1, 0.15) is 27.8 Å². The lowest BCUT2D eigenvalue weighted by molar-refractivity contribution is 1.37. The zero-order chi connectivity index (χ0) is 14.3. The zero-order valence-electron chi connectivity index (χ0n) is 12.1. The van der Waals surface area contributed by atoms with E-state index in [1.165, 1.54) is 27.8 Å². The van der Waals surface area contributed by atoms with E-state index in [9.17, 15) is 0 Å². The predicted molar refractivity (Wildman–Crippen MR) is 87.3 cm³/mol. The molecule has 19 heavy (non-hydrogen) atoms. The monoisotopic (exact) mass is 250 g/mol. The first-order valence-electron chi connectivity index (χ1n) is 6.45. The van der Waals surface area contributed by atoms with E-state index >= 15 is 0 Å². The van der Waals surface area contributed by atoms with Crippen molar-refractivity contribution < 1.29 is 0 Å². The third-order valence-electron chi connectivity index (χ3n) is 2.96. The third kappa shape index (κ3) is 4.97. The molecular weight excluding hydrogens is 228 g/mol. The van der Waals surface area contributed by atoms with Gasteiger partial charge in [-0.3, -0.25) is 0 Å². The van der Waals surface area contributed by atoms with E-state index in [0.717, 1.165) is 0 Å². The minimum atomic E-state index is 1.18. The van der Waals surface area contributed by atoms with Crippen molar-refractivity contribution in [2.75, 3.05) is 0 Å². The summed E-state index contributed by atoms with van der Waals surface area (Å²) in [6, 6.07) is 14.6. The molecule has 0 N–H and O–H groups in total. The predicted octanol–water partition coefficient (Wildman–Crippen LogP) is 5.58. The Morgan fingerprint density at radius 3 is 1.79 bits per heavy atom. The van der Waals surface area contributed by atoms with Crippen LogP contribution in [0.3, 0.4) is 0 Å². The molecule has 98 valence electrons. The van der Waals surface area contributed by atoms with Crippen molar-refractivity contribution in [3.05, 3.63) is 83.4 Å². The molecule has 2 rings (SSSR count). The van der Waals surface area contributed by atoms with Gasteiger partial charge < -0.3 is 0 Å². The van der Waals surface area contributed by atoms with E-state index < -0.39 is 0 Å². The molecule has 0 atom stereocenters. The Balaban J connectivity index is 0.000000191. The smallest absolute Gasteiger partial charge is 0.0233 e. The van der Waals surface area contributed by atoms with Gasteiger partial charge in [-0.2, -0.15) is 0 Å². The lowest BCUT2D eigenvalue weighted by Crippen LogP contribution is -1.80. The van der Waals surface area contributed by atoms with E-state index in [2.05, 4.69) is 76.4 Å². The molecule has 0 heterocycles. The first-order valence-corrected chi connectivity index (χ1v) is 6.45. The van der Waals surface area contributed by atoms with Gasteiger partial charge in [-0.25, -0.2) is 0 Å². The lowest BCUT2D eigenvalue weighted by atomic mass is 10.1. The van der Waals surface area contributed by atoms with E-state index in [1.54, 1.807) is 0 Å². The Hall–Kier alpha value is -2.08. The molecule has 0 heteroatoms. The van der Waals surface area contributed by atoms with Crippen molar-refractivity contribution in [2.45, 2.75) is 20.8 Å². The van der Waals surface area contributed by atoms with Crippen molar-refractivity contribution in [3.63, 3.8) is 0 Å². The SMILES string of the molecule is C=Cc1ccc(C)cc1.C=Cc1ccc(C)cc1C. The Kier molecular flexibility index (Phi) is 5.81. The molecule has 0 unspecified atom stereocenters. The van der Waals surface area contributed by atoms with Crippen LogP contribution in [0.4, 0.5) is 0 Å². The molecule has 0 aliphatic heterocycles. The van der Waals surface area contributed by atoms with E-state index in [4.69, 9.17) is 0 Å². The summed E-state index contributed by atoms with van der Waals surface area (Å²) in [6.07, 6.45) is 3.73. The second-order valence-corrected chi connectivity index (χ2v) is 4.68. The highest BCUT2D eigenvalue weighted by molar-refractivity contribution is 5.52. The van der Waals surface area contributed by atoms with E-state index in [-0.39, 0.29) is 0 Å². The fourth-order valence-electron chi connectivity index (χ4n) is 1.76. The molecule has 0 nitrogen and oxygen atoms in total.